The molecule has 0 amide bonds. The molecule has 0 spiro atoms. The summed E-state index contributed by atoms with van der Waals surface area (Å²) in [6.45, 7) is 17.0. The summed E-state index contributed by atoms with van der Waals surface area (Å²) >= 11 is 0. The van der Waals surface area contributed by atoms with Crippen LogP contribution in [0.4, 0.5) is 0 Å². The van der Waals surface area contributed by atoms with Gasteiger partial charge in [0.05, 0.1) is 17.8 Å². The molecule has 0 radical (unpaired) electrons. The van der Waals surface area contributed by atoms with Crippen LogP contribution in [0.5, 0.6) is 0 Å². The zero-order valence-corrected chi connectivity index (χ0v) is 22.5. The Hall–Kier alpha value is -1.74. The van der Waals surface area contributed by atoms with Gasteiger partial charge in [-0.25, -0.2) is 4.79 Å². The summed E-state index contributed by atoms with van der Waals surface area (Å²) in [6, 6.07) is 0. The van der Waals surface area contributed by atoms with Gasteiger partial charge in [0, 0.05) is 12.5 Å². The molecule has 1 saturated heterocycles. The van der Waals surface area contributed by atoms with E-state index >= 15 is 0 Å². The first-order chi connectivity index (χ1) is 16.7. The smallest absolute Gasteiger partial charge is 0.333 e. The molecule has 4 aliphatic rings. The maximum absolute atomic E-state index is 12.6. The van der Waals surface area contributed by atoms with Gasteiger partial charge in [-0.15, -0.1) is 0 Å². The molecular formula is C28H42O8. The number of hydrogen-bond acceptors (Lipinski definition) is 8. The Morgan fingerprint density at radius 1 is 1.11 bits per heavy atom. The van der Waals surface area contributed by atoms with Crippen LogP contribution in [0.2, 0.25) is 0 Å². The number of hydrogen-bond donors (Lipinski definition) is 2. The number of aliphatic hydroxyl groups excluding tert-OH is 1. The fourth-order valence-electron chi connectivity index (χ4n) is 7.16. The molecule has 8 heteroatoms. The van der Waals surface area contributed by atoms with E-state index in [1.807, 2.05) is 6.92 Å². The third-order valence-electron chi connectivity index (χ3n) is 9.25. The summed E-state index contributed by atoms with van der Waals surface area (Å²) in [5.41, 5.74) is 0.643. The minimum Gasteiger partial charge on any atom is -0.453 e. The summed E-state index contributed by atoms with van der Waals surface area (Å²) in [6.07, 6.45) is -1.64. The number of esters is 2. The molecule has 3 aliphatic carbocycles. The largest absolute Gasteiger partial charge is 0.453 e. The number of allylic oxidation sites excluding steroid dienone is 1. The van der Waals surface area contributed by atoms with Crippen molar-refractivity contribution in [3.63, 3.8) is 0 Å². The molecule has 0 aromatic carbocycles. The first kappa shape index (κ1) is 27.3. The van der Waals surface area contributed by atoms with E-state index < -0.39 is 48.2 Å². The third kappa shape index (κ3) is 4.66. The molecule has 3 saturated carbocycles. The molecular weight excluding hydrogens is 464 g/mol. The normalized spacial score (nSPS) is 45.8. The molecule has 11 atom stereocenters. The second-order valence-corrected chi connectivity index (χ2v) is 12.1. The van der Waals surface area contributed by atoms with Gasteiger partial charge in [-0.2, -0.15) is 0 Å². The first-order valence-electron chi connectivity index (χ1n) is 13.1. The summed E-state index contributed by atoms with van der Waals surface area (Å²) in [5, 5.41) is 22.0. The second-order valence-electron chi connectivity index (χ2n) is 12.1. The minimum atomic E-state index is -1.20. The Balaban J connectivity index is 1.62. The lowest BCUT2D eigenvalue weighted by atomic mass is 9.77. The zero-order chi connectivity index (χ0) is 26.7. The van der Waals surface area contributed by atoms with Crippen molar-refractivity contribution in [3.05, 3.63) is 23.8 Å². The SMILES string of the molecule is C=C1C[C@H](O[C@@H]2O[C@H](C)[C@H](O)[C@H](OC(=O)/C(C)=C/C)[C@H]2OC(C)=O)[C@H]2[C@@H]([C@H]3[C@@H]1CC[C@]3(C)O)C2(C)C. The van der Waals surface area contributed by atoms with Crippen LogP contribution < -0.4 is 0 Å². The fraction of sp³-hybridized carbons (Fsp3) is 0.786. The monoisotopic (exact) mass is 506 g/mol. The number of aliphatic hydroxyl groups is 2. The molecule has 0 aromatic heterocycles. The van der Waals surface area contributed by atoms with Gasteiger partial charge in [-0.3, -0.25) is 4.79 Å². The van der Waals surface area contributed by atoms with E-state index in [2.05, 4.69) is 20.4 Å². The Kier molecular flexibility index (Phi) is 7.23. The fourth-order valence-corrected chi connectivity index (χ4v) is 7.16. The maximum Gasteiger partial charge on any atom is 0.333 e. The molecule has 1 heterocycles. The van der Waals surface area contributed by atoms with Gasteiger partial charge in [0.25, 0.3) is 0 Å². The van der Waals surface area contributed by atoms with Gasteiger partial charge in [0.15, 0.2) is 18.5 Å². The van der Waals surface area contributed by atoms with Crippen LogP contribution in [0.15, 0.2) is 23.8 Å². The average molecular weight is 507 g/mol. The van der Waals surface area contributed by atoms with Crippen LogP contribution in [-0.2, 0) is 28.5 Å². The Labute approximate surface area is 214 Å². The highest BCUT2D eigenvalue weighted by Crippen LogP contribution is 2.71. The van der Waals surface area contributed by atoms with Crippen LogP contribution in [0.1, 0.15) is 67.7 Å². The Morgan fingerprint density at radius 2 is 1.78 bits per heavy atom. The second kappa shape index (κ2) is 9.53. The van der Waals surface area contributed by atoms with E-state index in [0.29, 0.717) is 12.0 Å². The first-order valence-corrected chi connectivity index (χ1v) is 13.1. The summed E-state index contributed by atoms with van der Waals surface area (Å²) in [4.78, 5) is 24.6. The van der Waals surface area contributed by atoms with Crippen molar-refractivity contribution < 1.29 is 38.7 Å². The molecule has 2 N–H and O–H groups in total. The van der Waals surface area contributed by atoms with Crippen molar-refractivity contribution in [2.24, 2.45) is 29.1 Å². The molecule has 0 unspecified atom stereocenters. The van der Waals surface area contributed by atoms with E-state index in [-0.39, 0.29) is 35.2 Å². The number of carbonyl (C=O) groups is 2. The van der Waals surface area contributed by atoms with Crippen LogP contribution in [0.3, 0.4) is 0 Å². The average Bonchev–Trinajstić information content (AvgIpc) is 3.24. The highest BCUT2D eigenvalue weighted by atomic mass is 16.7. The van der Waals surface area contributed by atoms with Crippen LogP contribution in [0.25, 0.3) is 0 Å². The van der Waals surface area contributed by atoms with Crippen molar-refractivity contribution in [1.29, 1.82) is 0 Å². The van der Waals surface area contributed by atoms with E-state index in [4.69, 9.17) is 18.9 Å². The van der Waals surface area contributed by atoms with Crippen LogP contribution in [-0.4, -0.2) is 64.6 Å². The summed E-state index contributed by atoms with van der Waals surface area (Å²) in [5.74, 6) is -0.431. The molecule has 8 nitrogen and oxygen atoms in total. The van der Waals surface area contributed by atoms with Crippen molar-refractivity contribution in [1.82, 2.24) is 0 Å². The van der Waals surface area contributed by atoms with Crippen LogP contribution in [0, 0.1) is 29.1 Å². The van der Waals surface area contributed by atoms with E-state index in [1.165, 1.54) is 6.92 Å². The number of carbonyl (C=O) groups excluding carboxylic acids is 2. The number of fused-ring (bicyclic) bond motifs is 3. The van der Waals surface area contributed by atoms with Gasteiger partial charge in [-0.05, 0) is 76.0 Å². The highest BCUT2D eigenvalue weighted by Gasteiger charge is 2.70. The quantitative estimate of drug-likeness (QED) is 0.332. The summed E-state index contributed by atoms with van der Waals surface area (Å²) < 4.78 is 23.8. The van der Waals surface area contributed by atoms with Crippen molar-refractivity contribution in [3.8, 4) is 0 Å². The molecule has 4 fully saturated rings. The maximum atomic E-state index is 12.6. The predicted molar refractivity (Wildman–Crippen MR) is 131 cm³/mol. The number of ether oxygens (including phenoxy) is 4. The summed E-state index contributed by atoms with van der Waals surface area (Å²) in [7, 11) is 0. The molecule has 4 rings (SSSR count). The van der Waals surface area contributed by atoms with Gasteiger partial charge in [-0.1, -0.05) is 32.1 Å². The molecule has 0 aromatic rings. The standard InChI is InChI=1S/C28H42O8/c1-9-13(2)25(31)36-23-22(30)15(4)33-26(24(23)34-16(5)29)35-18-12-14(3)17-10-11-28(8,32)19(17)21-20(18)27(21,6)7/h9,15,17-24,26,30,32H,3,10-12H2,1-2,4-8H3/b13-9+/t15-,17-,18+,19-,20+,21-,22+,23+,24-,26+,28+/m1/s1. The van der Waals surface area contributed by atoms with Gasteiger partial charge >= 0.3 is 11.9 Å². The van der Waals surface area contributed by atoms with Crippen LogP contribution >= 0.6 is 0 Å². The molecule has 1 aliphatic heterocycles. The van der Waals surface area contributed by atoms with Crippen molar-refractivity contribution in [2.75, 3.05) is 0 Å². The van der Waals surface area contributed by atoms with E-state index in [1.54, 1.807) is 26.8 Å². The predicted octanol–water partition coefficient (Wildman–Crippen LogP) is 3.30. The lowest BCUT2D eigenvalue weighted by molar-refractivity contribution is -0.310. The molecule has 0 bridgehead atoms. The molecule has 202 valence electrons. The topological polar surface area (TPSA) is 112 Å². The Bertz CT molecular complexity index is 936. The minimum absolute atomic E-state index is 0.0474. The van der Waals surface area contributed by atoms with Gasteiger partial charge in [0.1, 0.15) is 6.10 Å². The van der Waals surface area contributed by atoms with Crippen molar-refractivity contribution in [2.45, 2.75) is 110 Å². The Morgan fingerprint density at radius 3 is 2.39 bits per heavy atom. The number of rotatable bonds is 5. The van der Waals surface area contributed by atoms with Gasteiger partial charge < -0.3 is 29.2 Å². The lowest BCUT2D eigenvalue weighted by Gasteiger charge is -2.43. The van der Waals surface area contributed by atoms with Crippen molar-refractivity contribution >= 4 is 11.9 Å². The zero-order valence-electron chi connectivity index (χ0n) is 22.5. The van der Waals surface area contributed by atoms with E-state index in [0.717, 1.165) is 18.4 Å². The molecule has 36 heavy (non-hydrogen) atoms. The third-order valence-corrected chi connectivity index (χ3v) is 9.25. The lowest BCUT2D eigenvalue weighted by Crippen LogP contribution is -2.60. The highest BCUT2D eigenvalue weighted by molar-refractivity contribution is 5.87. The van der Waals surface area contributed by atoms with Gasteiger partial charge in [0.2, 0.25) is 0 Å². The van der Waals surface area contributed by atoms with E-state index in [9.17, 15) is 19.8 Å².